The zero-order valence-electron chi connectivity index (χ0n) is 9.63. The summed E-state index contributed by atoms with van der Waals surface area (Å²) in [6.07, 6.45) is 1.13. The number of nitrogens with one attached hydrogen (secondary N) is 1. The molecule has 0 aliphatic rings. The van der Waals surface area contributed by atoms with Crippen molar-refractivity contribution in [1.29, 1.82) is 0 Å². The van der Waals surface area contributed by atoms with Gasteiger partial charge < -0.3 is 15.5 Å². The van der Waals surface area contributed by atoms with Crippen LogP contribution in [0.2, 0.25) is 0 Å². The van der Waals surface area contributed by atoms with E-state index in [-0.39, 0.29) is 12.6 Å². The summed E-state index contributed by atoms with van der Waals surface area (Å²) in [7, 11) is 0. The molecule has 0 amide bonds. The van der Waals surface area contributed by atoms with Gasteiger partial charge in [0.25, 0.3) is 0 Å². The number of aromatic nitrogens is 1. The van der Waals surface area contributed by atoms with Gasteiger partial charge in [-0.3, -0.25) is 4.98 Å². The second-order valence-electron chi connectivity index (χ2n) is 4.04. The van der Waals surface area contributed by atoms with Crippen LogP contribution in [0.3, 0.4) is 0 Å². The van der Waals surface area contributed by atoms with Gasteiger partial charge in [0.1, 0.15) is 0 Å². The normalized spacial score (nSPS) is 15.0. The van der Waals surface area contributed by atoms with Gasteiger partial charge in [-0.2, -0.15) is 0 Å². The first-order valence-corrected chi connectivity index (χ1v) is 6.44. The van der Waals surface area contributed by atoms with E-state index >= 15 is 0 Å². The molecule has 17 heavy (non-hydrogen) atoms. The van der Waals surface area contributed by atoms with E-state index in [0.29, 0.717) is 6.54 Å². The molecule has 0 spiro atoms. The number of aliphatic hydroxyl groups excluding tert-OH is 2. The molecular formula is C12H16N2O2S. The monoisotopic (exact) mass is 252 g/mol. The zero-order valence-corrected chi connectivity index (χ0v) is 10.4. The molecule has 2 unspecified atom stereocenters. The second kappa shape index (κ2) is 5.55. The van der Waals surface area contributed by atoms with Gasteiger partial charge in [0.15, 0.2) is 0 Å². The van der Waals surface area contributed by atoms with Crippen LogP contribution in [-0.2, 0) is 0 Å². The summed E-state index contributed by atoms with van der Waals surface area (Å²) in [5.74, 6) is 0. The maximum Gasteiger partial charge on any atom is 0.0895 e. The molecule has 3 N–H and O–H groups in total. The molecule has 0 radical (unpaired) electrons. The molecule has 5 heteroatoms. The van der Waals surface area contributed by atoms with E-state index in [9.17, 15) is 5.11 Å². The summed E-state index contributed by atoms with van der Waals surface area (Å²) in [6, 6.07) is 4.21. The van der Waals surface area contributed by atoms with E-state index in [0.717, 1.165) is 11.1 Å². The van der Waals surface area contributed by atoms with Crippen LogP contribution in [-0.4, -0.2) is 34.5 Å². The number of rotatable bonds is 5. The van der Waals surface area contributed by atoms with Crippen LogP contribution in [0.5, 0.6) is 0 Å². The molecule has 0 bridgehead atoms. The lowest BCUT2D eigenvalue weighted by molar-refractivity contribution is 0.0924. The molecule has 92 valence electrons. The van der Waals surface area contributed by atoms with Crippen LogP contribution in [0, 0.1) is 0 Å². The van der Waals surface area contributed by atoms with Crippen molar-refractivity contribution < 1.29 is 10.2 Å². The fraction of sp³-hybridized carbons (Fsp3) is 0.417. The molecule has 2 heterocycles. The highest BCUT2D eigenvalue weighted by molar-refractivity contribution is 7.17. The van der Waals surface area contributed by atoms with E-state index in [1.54, 1.807) is 11.3 Å². The average molecular weight is 252 g/mol. The SMILES string of the molecule is CC(NCC(O)CO)c1cnc2ccsc2c1. The highest BCUT2D eigenvalue weighted by Crippen LogP contribution is 2.22. The van der Waals surface area contributed by atoms with Crippen molar-refractivity contribution in [2.24, 2.45) is 0 Å². The molecule has 0 saturated carbocycles. The van der Waals surface area contributed by atoms with E-state index in [1.807, 2.05) is 24.6 Å². The Hall–Kier alpha value is -1.01. The number of pyridine rings is 1. The number of thiophene rings is 1. The number of aliphatic hydroxyl groups is 2. The second-order valence-corrected chi connectivity index (χ2v) is 4.99. The fourth-order valence-corrected chi connectivity index (χ4v) is 2.38. The van der Waals surface area contributed by atoms with Gasteiger partial charge >= 0.3 is 0 Å². The summed E-state index contributed by atoms with van der Waals surface area (Å²) in [4.78, 5) is 4.37. The minimum absolute atomic E-state index is 0.107. The Kier molecular flexibility index (Phi) is 4.06. The van der Waals surface area contributed by atoms with Crippen molar-refractivity contribution in [2.45, 2.75) is 19.1 Å². The van der Waals surface area contributed by atoms with Gasteiger partial charge in [-0.05, 0) is 30.0 Å². The van der Waals surface area contributed by atoms with Crippen LogP contribution >= 0.6 is 11.3 Å². The third-order valence-corrected chi connectivity index (χ3v) is 3.55. The van der Waals surface area contributed by atoms with Gasteiger partial charge in [-0.1, -0.05) is 0 Å². The van der Waals surface area contributed by atoms with Crippen LogP contribution in [0.1, 0.15) is 18.5 Å². The summed E-state index contributed by atoms with van der Waals surface area (Å²) in [6.45, 7) is 2.17. The van der Waals surface area contributed by atoms with Gasteiger partial charge in [-0.15, -0.1) is 11.3 Å². The summed E-state index contributed by atoms with van der Waals surface area (Å²) < 4.78 is 1.17. The molecule has 0 fully saturated rings. The van der Waals surface area contributed by atoms with E-state index in [4.69, 9.17) is 5.11 Å². The quantitative estimate of drug-likeness (QED) is 0.750. The number of hydrogen-bond acceptors (Lipinski definition) is 5. The highest BCUT2D eigenvalue weighted by Gasteiger charge is 2.09. The summed E-state index contributed by atoms with van der Waals surface area (Å²) in [5, 5.41) is 23.2. The van der Waals surface area contributed by atoms with Crippen molar-refractivity contribution in [1.82, 2.24) is 10.3 Å². The minimum Gasteiger partial charge on any atom is -0.394 e. The Balaban J connectivity index is 2.05. The van der Waals surface area contributed by atoms with Crippen LogP contribution < -0.4 is 5.32 Å². The average Bonchev–Trinajstić information content (AvgIpc) is 2.82. The Labute approximate surface area is 104 Å². The molecule has 0 aliphatic carbocycles. The molecule has 2 aromatic heterocycles. The lowest BCUT2D eigenvalue weighted by Crippen LogP contribution is -2.31. The topological polar surface area (TPSA) is 65.4 Å². The van der Waals surface area contributed by atoms with Gasteiger partial charge in [0.2, 0.25) is 0 Å². The molecule has 2 aromatic rings. The number of nitrogens with zero attached hydrogens (tertiary/aromatic N) is 1. The molecule has 2 rings (SSSR count). The summed E-state index contributed by atoms with van der Waals surface area (Å²) >= 11 is 1.67. The molecule has 0 aliphatic heterocycles. The van der Waals surface area contributed by atoms with Gasteiger partial charge in [0, 0.05) is 18.8 Å². The smallest absolute Gasteiger partial charge is 0.0895 e. The lowest BCUT2D eigenvalue weighted by Gasteiger charge is -2.16. The van der Waals surface area contributed by atoms with Crippen molar-refractivity contribution >= 4 is 21.6 Å². The maximum absolute atomic E-state index is 9.27. The predicted molar refractivity (Wildman–Crippen MR) is 69.1 cm³/mol. The fourth-order valence-electron chi connectivity index (χ4n) is 1.59. The van der Waals surface area contributed by atoms with E-state index in [2.05, 4.69) is 16.4 Å². The number of hydrogen-bond donors (Lipinski definition) is 3. The minimum atomic E-state index is -0.712. The zero-order chi connectivity index (χ0) is 12.3. The molecule has 0 saturated heterocycles. The van der Waals surface area contributed by atoms with Gasteiger partial charge in [0.05, 0.1) is 22.9 Å². The standard InChI is InChI=1S/C12H16N2O2S/c1-8(13-6-10(16)7-15)9-4-12-11(14-5-9)2-3-17-12/h2-5,8,10,13,15-16H,6-7H2,1H3. The maximum atomic E-state index is 9.27. The first-order chi connectivity index (χ1) is 8.20. The first kappa shape index (κ1) is 12.4. The largest absolute Gasteiger partial charge is 0.394 e. The van der Waals surface area contributed by atoms with Crippen molar-refractivity contribution in [3.63, 3.8) is 0 Å². The van der Waals surface area contributed by atoms with Gasteiger partial charge in [-0.25, -0.2) is 0 Å². The third kappa shape index (κ3) is 3.01. The molecule has 2 atom stereocenters. The highest BCUT2D eigenvalue weighted by atomic mass is 32.1. The van der Waals surface area contributed by atoms with Crippen molar-refractivity contribution in [2.75, 3.05) is 13.2 Å². The molecule has 4 nitrogen and oxygen atoms in total. The Morgan fingerprint density at radius 3 is 3.12 bits per heavy atom. The first-order valence-electron chi connectivity index (χ1n) is 5.56. The predicted octanol–water partition coefficient (Wildman–Crippen LogP) is 1.30. The van der Waals surface area contributed by atoms with Crippen molar-refractivity contribution in [3.8, 4) is 0 Å². The summed E-state index contributed by atoms with van der Waals surface area (Å²) in [5.41, 5.74) is 2.10. The lowest BCUT2D eigenvalue weighted by atomic mass is 10.1. The van der Waals surface area contributed by atoms with Crippen LogP contribution in [0.15, 0.2) is 23.7 Å². The Morgan fingerprint density at radius 1 is 1.53 bits per heavy atom. The number of fused-ring (bicyclic) bond motifs is 1. The van der Waals surface area contributed by atoms with E-state index < -0.39 is 6.10 Å². The molecule has 0 aromatic carbocycles. The van der Waals surface area contributed by atoms with Crippen molar-refractivity contribution in [3.05, 3.63) is 29.3 Å². The third-order valence-electron chi connectivity index (χ3n) is 2.69. The van der Waals surface area contributed by atoms with Crippen LogP contribution in [0.25, 0.3) is 10.2 Å². The molecular weight excluding hydrogens is 236 g/mol. The van der Waals surface area contributed by atoms with E-state index in [1.165, 1.54) is 4.70 Å². The Bertz CT molecular complexity index is 486. The van der Waals surface area contributed by atoms with Crippen LogP contribution in [0.4, 0.5) is 0 Å². The Morgan fingerprint density at radius 2 is 2.35 bits per heavy atom.